The Balaban J connectivity index is 1.34. The van der Waals surface area contributed by atoms with Crippen LogP contribution in [0.1, 0.15) is 55.3 Å². The highest BCUT2D eigenvalue weighted by atomic mass is 19.1. The standard InChI is InChI=1S/C19H22F2N2O2/c20-14-1-2-15(16(21)6-14)18(25)23-22-17(24)10-19-7-11-3-12(8-19)5-13(4-11)9-19/h1-2,6,11-13H,3-5,7-10H2,(H,22,24)(H,23,25). The molecule has 0 atom stereocenters. The van der Waals surface area contributed by atoms with E-state index in [1.165, 1.54) is 19.3 Å². The average Bonchev–Trinajstić information content (AvgIpc) is 2.50. The van der Waals surface area contributed by atoms with Gasteiger partial charge in [-0.1, -0.05) is 0 Å². The van der Waals surface area contributed by atoms with Crippen molar-refractivity contribution in [1.29, 1.82) is 0 Å². The van der Waals surface area contributed by atoms with Gasteiger partial charge in [0.1, 0.15) is 11.6 Å². The Hall–Kier alpha value is -1.98. The van der Waals surface area contributed by atoms with Gasteiger partial charge in [0, 0.05) is 12.5 Å². The van der Waals surface area contributed by atoms with Crippen molar-refractivity contribution in [1.82, 2.24) is 10.9 Å². The van der Waals surface area contributed by atoms with Crippen LogP contribution >= 0.6 is 0 Å². The molecule has 0 aliphatic heterocycles. The molecule has 4 nitrogen and oxygen atoms in total. The molecule has 0 heterocycles. The number of hydrazine groups is 1. The normalized spacial score (nSPS) is 32.5. The van der Waals surface area contributed by atoms with Crippen molar-refractivity contribution in [2.45, 2.75) is 44.9 Å². The monoisotopic (exact) mass is 348 g/mol. The van der Waals surface area contributed by atoms with Crippen molar-refractivity contribution in [3.8, 4) is 0 Å². The van der Waals surface area contributed by atoms with Gasteiger partial charge in [0.2, 0.25) is 5.91 Å². The van der Waals surface area contributed by atoms with Crippen molar-refractivity contribution in [2.24, 2.45) is 23.2 Å². The summed E-state index contributed by atoms with van der Waals surface area (Å²) in [4.78, 5) is 24.3. The lowest BCUT2D eigenvalue weighted by Crippen LogP contribution is -2.50. The highest BCUT2D eigenvalue weighted by Crippen LogP contribution is 2.61. The largest absolute Gasteiger partial charge is 0.273 e. The van der Waals surface area contributed by atoms with Crippen molar-refractivity contribution in [3.63, 3.8) is 0 Å². The Kier molecular flexibility index (Phi) is 4.01. The second kappa shape index (κ2) is 6.07. The van der Waals surface area contributed by atoms with Crippen LogP contribution < -0.4 is 10.9 Å². The summed E-state index contributed by atoms with van der Waals surface area (Å²) < 4.78 is 26.5. The molecule has 134 valence electrons. The number of amides is 2. The first-order valence-corrected chi connectivity index (χ1v) is 8.97. The van der Waals surface area contributed by atoms with E-state index in [4.69, 9.17) is 0 Å². The van der Waals surface area contributed by atoms with Gasteiger partial charge in [-0.15, -0.1) is 0 Å². The van der Waals surface area contributed by atoms with Gasteiger partial charge in [-0.3, -0.25) is 20.4 Å². The fourth-order valence-electron chi connectivity index (χ4n) is 5.76. The highest BCUT2D eigenvalue weighted by Gasteiger charge is 2.51. The molecule has 4 saturated carbocycles. The second-order valence-corrected chi connectivity index (χ2v) is 8.22. The number of carbonyl (C=O) groups excluding carboxylic acids is 2. The zero-order valence-electron chi connectivity index (χ0n) is 14.0. The topological polar surface area (TPSA) is 58.2 Å². The maximum Gasteiger partial charge on any atom is 0.272 e. The van der Waals surface area contributed by atoms with Crippen LogP contribution in [0.25, 0.3) is 0 Å². The van der Waals surface area contributed by atoms with Crippen molar-refractivity contribution >= 4 is 11.8 Å². The molecule has 4 aliphatic carbocycles. The summed E-state index contributed by atoms with van der Waals surface area (Å²) in [5.74, 6) is -0.465. The molecular weight excluding hydrogens is 326 g/mol. The Morgan fingerprint density at radius 2 is 1.60 bits per heavy atom. The van der Waals surface area contributed by atoms with Crippen LogP contribution in [0.5, 0.6) is 0 Å². The number of nitrogens with one attached hydrogen (secondary N) is 2. The van der Waals surface area contributed by atoms with E-state index in [9.17, 15) is 18.4 Å². The van der Waals surface area contributed by atoms with Crippen LogP contribution in [0.15, 0.2) is 18.2 Å². The lowest BCUT2D eigenvalue weighted by Gasteiger charge is -2.56. The Labute approximate surface area is 145 Å². The highest BCUT2D eigenvalue weighted by molar-refractivity contribution is 5.95. The summed E-state index contributed by atoms with van der Waals surface area (Å²) in [6, 6.07) is 2.71. The van der Waals surface area contributed by atoms with Crippen LogP contribution in [0.2, 0.25) is 0 Å². The number of hydrogen-bond donors (Lipinski definition) is 2. The summed E-state index contributed by atoms with van der Waals surface area (Å²) in [5, 5.41) is 0. The number of benzene rings is 1. The predicted molar refractivity (Wildman–Crippen MR) is 87.2 cm³/mol. The molecule has 4 bridgehead atoms. The molecule has 25 heavy (non-hydrogen) atoms. The van der Waals surface area contributed by atoms with E-state index in [0.29, 0.717) is 12.5 Å². The van der Waals surface area contributed by atoms with E-state index in [1.807, 2.05) is 0 Å². The van der Waals surface area contributed by atoms with Gasteiger partial charge in [-0.2, -0.15) is 0 Å². The first-order chi connectivity index (χ1) is 11.9. The van der Waals surface area contributed by atoms with E-state index < -0.39 is 17.5 Å². The van der Waals surface area contributed by atoms with Gasteiger partial charge >= 0.3 is 0 Å². The van der Waals surface area contributed by atoms with Crippen molar-refractivity contribution in [2.75, 3.05) is 0 Å². The van der Waals surface area contributed by atoms with E-state index in [0.717, 1.165) is 49.1 Å². The van der Waals surface area contributed by atoms with Crippen LogP contribution in [0, 0.1) is 34.8 Å². The zero-order valence-corrected chi connectivity index (χ0v) is 14.0. The summed E-state index contributed by atoms with van der Waals surface area (Å²) in [5.41, 5.74) is 4.42. The molecule has 1 aromatic carbocycles. The first kappa shape index (κ1) is 16.5. The molecule has 0 radical (unpaired) electrons. The van der Waals surface area contributed by atoms with E-state index in [1.54, 1.807) is 0 Å². The summed E-state index contributed by atoms with van der Waals surface area (Å²) in [6.45, 7) is 0. The molecule has 6 heteroatoms. The van der Waals surface area contributed by atoms with Crippen molar-refractivity contribution < 1.29 is 18.4 Å². The van der Waals surface area contributed by atoms with E-state index >= 15 is 0 Å². The van der Waals surface area contributed by atoms with Crippen molar-refractivity contribution in [3.05, 3.63) is 35.4 Å². The van der Waals surface area contributed by atoms with Gasteiger partial charge < -0.3 is 0 Å². The first-order valence-electron chi connectivity index (χ1n) is 8.97. The van der Waals surface area contributed by atoms with Gasteiger partial charge in [0.05, 0.1) is 5.56 Å². The maximum atomic E-state index is 13.6. The third-order valence-electron chi connectivity index (χ3n) is 6.19. The molecule has 0 aromatic heterocycles. The summed E-state index contributed by atoms with van der Waals surface area (Å²) in [7, 11) is 0. The lowest BCUT2D eigenvalue weighted by atomic mass is 9.49. The Morgan fingerprint density at radius 1 is 1.00 bits per heavy atom. The minimum absolute atomic E-state index is 0.0741. The SMILES string of the molecule is O=C(CC12CC3CC(CC(C3)C1)C2)NNC(=O)c1ccc(F)cc1F. The van der Waals surface area contributed by atoms with Gasteiger partial charge in [0.25, 0.3) is 5.91 Å². The molecule has 0 saturated heterocycles. The molecule has 0 spiro atoms. The number of carbonyl (C=O) groups is 2. The number of halogens is 2. The summed E-state index contributed by atoms with van der Waals surface area (Å²) in [6.07, 6.45) is 7.64. The molecular formula is C19H22F2N2O2. The molecule has 1 aromatic rings. The fraction of sp³-hybridized carbons (Fsp3) is 0.579. The van der Waals surface area contributed by atoms with Crippen LogP contribution in [0.4, 0.5) is 8.78 Å². The number of hydrogen-bond acceptors (Lipinski definition) is 2. The Morgan fingerprint density at radius 3 is 2.16 bits per heavy atom. The average molecular weight is 348 g/mol. The third kappa shape index (κ3) is 3.26. The fourth-order valence-corrected chi connectivity index (χ4v) is 5.76. The minimum atomic E-state index is -0.951. The van der Waals surface area contributed by atoms with E-state index in [2.05, 4.69) is 10.9 Å². The van der Waals surface area contributed by atoms with Crippen LogP contribution in [0.3, 0.4) is 0 Å². The Bertz CT molecular complexity index is 684. The predicted octanol–water partition coefficient (Wildman–Crippen LogP) is 3.33. The van der Waals surface area contributed by atoms with Crippen LogP contribution in [-0.4, -0.2) is 11.8 Å². The van der Waals surface area contributed by atoms with Gasteiger partial charge in [-0.25, -0.2) is 8.78 Å². The summed E-state index contributed by atoms with van der Waals surface area (Å²) >= 11 is 0. The second-order valence-electron chi connectivity index (χ2n) is 8.22. The molecule has 2 amide bonds. The molecule has 5 rings (SSSR count). The third-order valence-corrected chi connectivity index (χ3v) is 6.19. The lowest BCUT2D eigenvalue weighted by molar-refractivity contribution is -0.130. The molecule has 0 unspecified atom stereocenters. The zero-order chi connectivity index (χ0) is 17.6. The smallest absolute Gasteiger partial charge is 0.272 e. The minimum Gasteiger partial charge on any atom is -0.273 e. The molecule has 2 N–H and O–H groups in total. The maximum absolute atomic E-state index is 13.6. The van der Waals surface area contributed by atoms with Crippen LogP contribution in [-0.2, 0) is 4.79 Å². The van der Waals surface area contributed by atoms with Gasteiger partial charge in [0.15, 0.2) is 0 Å². The van der Waals surface area contributed by atoms with Gasteiger partial charge in [-0.05, 0) is 73.8 Å². The molecule has 4 aliphatic rings. The quantitative estimate of drug-likeness (QED) is 0.823. The van der Waals surface area contributed by atoms with E-state index in [-0.39, 0.29) is 16.9 Å². The molecule has 4 fully saturated rings. The number of rotatable bonds is 3.